The van der Waals surface area contributed by atoms with Crippen LogP contribution in [0.4, 0.5) is 4.79 Å². The molecule has 0 unspecified atom stereocenters. The average molecular weight is 426 g/mol. The van der Waals surface area contributed by atoms with Gasteiger partial charge in [0.15, 0.2) is 11.1 Å². The van der Waals surface area contributed by atoms with E-state index in [1.807, 2.05) is 13.2 Å². The Morgan fingerprint density at radius 2 is 1.93 bits per heavy atom. The fourth-order valence-electron chi connectivity index (χ4n) is 3.30. The number of carbonyl (C=O) groups excluding carboxylic acids is 1. The first-order valence-corrected chi connectivity index (χ1v) is 11.6. The van der Waals surface area contributed by atoms with Crippen LogP contribution in [0.3, 0.4) is 0 Å². The lowest BCUT2D eigenvalue weighted by atomic mass is 10.2. The van der Waals surface area contributed by atoms with Gasteiger partial charge in [0.1, 0.15) is 5.82 Å². The summed E-state index contributed by atoms with van der Waals surface area (Å²) in [5.74, 6) is 2.48. The monoisotopic (exact) mass is 425 g/mol. The van der Waals surface area contributed by atoms with Crippen LogP contribution >= 0.6 is 11.8 Å². The minimum atomic E-state index is -0.231. The van der Waals surface area contributed by atoms with E-state index in [4.69, 9.17) is 4.74 Å². The van der Waals surface area contributed by atoms with Crippen LogP contribution in [0.25, 0.3) is 0 Å². The van der Waals surface area contributed by atoms with Gasteiger partial charge in [0.25, 0.3) is 0 Å². The highest BCUT2D eigenvalue weighted by Gasteiger charge is 2.23. The Kier molecular flexibility index (Phi) is 9.56. The van der Waals surface area contributed by atoms with Crippen molar-refractivity contribution in [1.29, 1.82) is 0 Å². The standard InChI is InChI=1S/C19H35N7O2S/c1-6-28-19(27)25-12-10-24(11-13-25)17(20-4)21-9-7-8-16-22-23-18(29-5)26(16)14-15(2)3/h15H,6-14H2,1-5H3,(H,20,21). The number of aliphatic imine (C=N–C) groups is 1. The highest BCUT2D eigenvalue weighted by molar-refractivity contribution is 7.98. The first-order chi connectivity index (χ1) is 14.0. The van der Waals surface area contributed by atoms with Crippen molar-refractivity contribution in [2.24, 2.45) is 10.9 Å². The Balaban J connectivity index is 1.78. The predicted octanol–water partition coefficient (Wildman–Crippen LogP) is 1.94. The third-order valence-electron chi connectivity index (χ3n) is 4.70. The zero-order valence-corrected chi connectivity index (χ0v) is 19.2. The van der Waals surface area contributed by atoms with Gasteiger partial charge >= 0.3 is 6.09 Å². The van der Waals surface area contributed by atoms with E-state index in [0.717, 1.165) is 56.0 Å². The van der Waals surface area contributed by atoms with Gasteiger partial charge in [0.05, 0.1) is 6.61 Å². The fourth-order valence-corrected chi connectivity index (χ4v) is 3.82. The summed E-state index contributed by atoms with van der Waals surface area (Å²) in [6.07, 6.45) is 3.63. The lowest BCUT2D eigenvalue weighted by Gasteiger charge is -2.35. The van der Waals surface area contributed by atoms with Gasteiger partial charge < -0.3 is 24.4 Å². The number of rotatable bonds is 8. The van der Waals surface area contributed by atoms with E-state index >= 15 is 0 Å². The molecule has 0 radical (unpaired) electrons. The number of aromatic nitrogens is 3. The molecule has 2 heterocycles. The molecule has 1 N–H and O–H groups in total. The van der Waals surface area contributed by atoms with Crippen LogP contribution in [0.2, 0.25) is 0 Å². The van der Waals surface area contributed by atoms with Gasteiger partial charge in [-0.05, 0) is 25.5 Å². The van der Waals surface area contributed by atoms with Gasteiger partial charge in [0, 0.05) is 52.7 Å². The van der Waals surface area contributed by atoms with Crippen molar-refractivity contribution in [3.8, 4) is 0 Å². The molecular formula is C19H35N7O2S. The lowest BCUT2D eigenvalue weighted by molar-refractivity contribution is 0.0914. The maximum absolute atomic E-state index is 11.8. The van der Waals surface area contributed by atoms with Crippen molar-refractivity contribution in [1.82, 2.24) is 29.9 Å². The maximum atomic E-state index is 11.8. The van der Waals surface area contributed by atoms with E-state index in [0.29, 0.717) is 25.6 Å². The van der Waals surface area contributed by atoms with Crippen LogP contribution < -0.4 is 5.32 Å². The molecule has 1 aliphatic rings. The molecule has 164 valence electrons. The second-order valence-electron chi connectivity index (χ2n) is 7.36. The molecule has 1 aliphatic heterocycles. The Hall–Kier alpha value is -1.97. The number of aryl methyl sites for hydroxylation is 1. The van der Waals surface area contributed by atoms with Crippen molar-refractivity contribution in [2.45, 2.75) is 45.3 Å². The first kappa shape index (κ1) is 23.3. The third-order valence-corrected chi connectivity index (χ3v) is 5.37. The second-order valence-corrected chi connectivity index (χ2v) is 8.13. The molecule has 0 spiro atoms. The summed E-state index contributed by atoms with van der Waals surface area (Å²) >= 11 is 1.64. The zero-order valence-electron chi connectivity index (χ0n) is 18.3. The molecule has 0 bridgehead atoms. The highest BCUT2D eigenvalue weighted by Crippen LogP contribution is 2.16. The number of hydrogen-bond acceptors (Lipinski definition) is 6. The average Bonchev–Trinajstić information content (AvgIpc) is 3.09. The number of hydrogen-bond donors (Lipinski definition) is 1. The Morgan fingerprint density at radius 1 is 1.24 bits per heavy atom. The number of nitrogens with one attached hydrogen (secondary N) is 1. The lowest BCUT2D eigenvalue weighted by Crippen LogP contribution is -2.54. The van der Waals surface area contributed by atoms with Gasteiger partial charge in [-0.2, -0.15) is 0 Å². The number of guanidine groups is 1. The molecule has 9 nitrogen and oxygen atoms in total. The molecule has 0 saturated carbocycles. The summed E-state index contributed by atoms with van der Waals surface area (Å²) in [5, 5.41) is 13.1. The topological polar surface area (TPSA) is 87.9 Å². The summed E-state index contributed by atoms with van der Waals surface area (Å²) in [6.45, 7) is 11.2. The SMILES string of the molecule is CCOC(=O)N1CCN(C(=NC)NCCCc2nnc(SC)n2CC(C)C)CC1. The van der Waals surface area contributed by atoms with E-state index < -0.39 is 0 Å². The fraction of sp³-hybridized carbons (Fsp3) is 0.789. The van der Waals surface area contributed by atoms with Gasteiger partial charge in [-0.25, -0.2) is 4.79 Å². The Bertz CT molecular complexity index is 670. The molecule has 2 rings (SSSR count). The summed E-state index contributed by atoms with van der Waals surface area (Å²) in [4.78, 5) is 20.2. The number of nitrogens with zero attached hydrogens (tertiary/aromatic N) is 6. The smallest absolute Gasteiger partial charge is 0.409 e. The van der Waals surface area contributed by atoms with E-state index in [1.165, 1.54) is 0 Å². The molecule has 0 aliphatic carbocycles. The number of ether oxygens (including phenoxy) is 1. The van der Waals surface area contributed by atoms with Crippen molar-refractivity contribution in [2.75, 3.05) is 52.6 Å². The number of piperazine rings is 1. The van der Waals surface area contributed by atoms with Gasteiger partial charge in [-0.3, -0.25) is 4.99 Å². The summed E-state index contributed by atoms with van der Waals surface area (Å²) in [7, 11) is 1.80. The van der Waals surface area contributed by atoms with Gasteiger partial charge in [0.2, 0.25) is 0 Å². The van der Waals surface area contributed by atoms with Crippen LogP contribution in [0, 0.1) is 5.92 Å². The molecule has 0 aromatic carbocycles. The minimum absolute atomic E-state index is 0.231. The molecule has 29 heavy (non-hydrogen) atoms. The Morgan fingerprint density at radius 3 is 2.52 bits per heavy atom. The predicted molar refractivity (Wildman–Crippen MR) is 116 cm³/mol. The van der Waals surface area contributed by atoms with E-state index in [-0.39, 0.29) is 6.09 Å². The maximum Gasteiger partial charge on any atom is 0.409 e. The summed E-state index contributed by atoms with van der Waals surface area (Å²) < 4.78 is 7.31. The van der Waals surface area contributed by atoms with Crippen LogP contribution in [0.5, 0.6) is 0 Å². The molecule has 0 atom stereocenters. The van der Waals surface area contributed by atoms with Crippen molar-refractivity contribution < 1.29 is 9.53 Å². The molecule has 1 saturated heterocycles. The minimum Gasteiger partial charge on any atom is -0.450 e. The third kappa shape index (κ3) is 6.80. The number of amides is 1. The number of thioether (sulfide) groups is 1. The highest BCUT2D eigenvalue weighted by atomic mass is 32.2. The van der Waals surface area contributed by atoms with Crippen LogP contribution in [-0.2, 0) is 17.7 Å². The molecule has 1 aromatic heterocycles. The quantitative estimate of drug-likeness (QED) is 0.295. The van der Waals surface area contributed by atoms with Crippen LogP contribution in [0.1, 0.15) is 33.0 Å². The molecular weight excluding hydrogens is 390 g/mol. The van der Waals surface area contributed by atoms with Crippen LogP contribution in [0.15, 0.2) is 10.1 Å². The van der Waals surface area contributed by atoms with E-state index in [2.05, 4.69) is 43.8 Å². The number of carbonyl (C=O) groups is 1. The van der Waals surface area contributed by atoms with Crippen molar-refractivity contribution >= 4 is 23.8 Å². The summed E-state index contributed by atoms with van der Waals surface area (Å²) in [5.41, 5.74) is 0. The van der Waals surface area contributed by atoms with Crippen molar-refractivity contribution in [3.63, 3.8) is 0 Å². The van der Waals surface area contributed by atoms with Gasteiger partial charge in [-0.15, -0.1) is 10.2 Å². The molecule has 1 fully saturated rings. The molecule has 1 amide bonds. The largest absolute Gasteiger partial charge is 0.450 e. The Labute approximate surface area is 178 Å². The van der Waals surface area contributed by atoms with E-state index in [9.17, 15) is 4.79 Å². The molecule has 1 aromatic rings. The second kappa shape index (κ2) is 11.9. The van der Waals surface area contributed by atoms with Gasteiger partial charge in [-0.1, -0.05) is 25.6 Å². The van der Waals surface area contributed by atoms with Crippen LogP contribution in [-0.4, -0.2) is 89.3 Å². The van der Waals surface area contributed by atoms with Crippen molar-refractivity contribution in [3.05, 3.63) is 5.82 Å². The summed E-state index contributed by atoms with van der Waals surface area (Å²) in [6, 6.07) is 0. The first-order valence-electron chi connectivity index (χ1n) is 10.3. The molecule has 10 heteroatoms. The van der Waals surface area contributed by atoms with E-state index in [1.54, 1.807) is 23.7 Å². The normalized spacial score (nSPS) is 15.2. The zero-order chi connectivity index (χ0) is 21.2.